The minimum atomic E-state index is -1.12. The molecule has 0 radical (unpaired) electrons. The number of carbonyl (C=O) groups excluding carboxylic acids is 1. The van der Waals surface area contributed by atoms with Gasteiger partial charge in [0.2, 0.25) is 0 Å². The largest absolute Gasteiger partial charge is 0.493 e. The van der Waals surface area contributed by atoms with Gasteiger partial charge in [0.1, 0.15) is 11.6 Å². The van der Waals surface area contributed by atoms with Crippen molar-refractivity contribution in [2.45, 2.75) is 0 Å². The van der Waals surface area contributed by atoms with E-state index in [0.29, 0.717) is 15.7 Å². The summed E-state index contributed by atoms with van der Waals surface area (Å²) >= 11 is 3.32. The van der Waals surface area contributed by atoms with Gasteiger partial charge in [-0.15, -0.1) is 0 Å². The van der Waals surface area contributed by atoms with Crippen LogP contribution < -0.4 is 14.8 Å². The van der Waals surface area contributed by atoms with Gasteiger partial charge in [0.15, 0.2) is 18.1 Å². The first kappa shape index (κ1) is 20.0. The Hall–Kier alpha value is -3.31. The summed E-state index contributed by atoms with van der Waals surface area (Å²) in [5, 5.41) is 20.7. The van der Waals surface area contributed by atoms with Crippen LogP contribution in [0.2, 0.25) is 0 Å². The molecule has 7 nitrogen and oxygen atoms in total. The number of carboxylic acids is 1. The summed E-state index contributed by atoms with van der Waals surface area (Å²) in [7, 11) is 1.40. The minimum absolute atomic E-state index is 0.110. The molecule has 0 bridgehead atoms. The monoisotopic (exact) mass is 430 g/mol. The molecule has 2 rings (SSSR count). The Balaban J connectivity index is 2.30. The number of benzene rings is 2. The van der Waals surface area contributed by atoms with Crippen LogP contribution in [-0.4, -0.2) is 30.7 Å². The van der Waals surface area contributed by atoms with Crippen molar-refractivity contribution >= 4 is 39.6 Å². The number of methoxy groups -OCH3 is 1. The van der Waals surface area contributed by atoms with E-state index in [2.05, 4.69) is 21.2 Å². The van der Waals surface area contributed by atoms with Crippen LogP contribution in [0.5, 0.6) is 11.5 Å². The van der Waals surface area contributed by atoms with E-state index in [-0.39, 0.29) is 17.1 Å². The van der Waals surface area contributed by atoms with Crippen LogP contribution in [0.25, 0.3) is 6.08 Å². The lowest BCUT2D eigenvalue weighted by Gasteiger charge is -2.12. The van der Waals surface area contributed by atoms with Crippen LogP contribution in [-0.2, 0) is 9.59 Å². The van der Waals surface area contributed by atoms with E-state index < -0.39 is 18.5 Å². The van der Waals surface area contributed by atoms with E-state index >= 15 is 0 Å². The average molecular weight is 431 g/mol. The topological polar surface area (TPSA) is 109 Å². The number of para-hydroxylation sites is 1. The van der Waals surface area contributed by atoms with Gasteiger partial charge in [-0.2, -0.15) is 5.26 Å². The van der Waals surface area contributed by atoms with Gasteiger partial charge >= 0.3 is 5.97 Å². The van der Waals surface area contributed by atoms with Crippen molar-refractivity contribution in [2.24, 2.45) is 0 Å². The number of amides is 1. The number of hydrogen-bond acceptors (Lipinski definition) is 5. The molecule has 1 amide bonds. The summed E-state index contributed by atoms with van der Waals surface area (Å²) in [4.78, 5) is 23.0. The van der Waals surface area contributed by atoms with Gasteiger partial charge < -0.3 is 19.9 Å². The number of nitrogens with one attached hydrogen (secondary N) is 1. The molecule has 0 heterocycles. The second-order valence-corrected chi connectivity index (χ2v) is 6.05. The van der Waals surface area contributed by atoms with Gasteiger partial charge in [0, 0.05) is 10.2 Å². The highest BCUT2D eigenvalue weighted by atomic mass is 79.9. The number of aliphatic carboxylic acids is 1. The molecule has 8 heteroatoms. The van der Waals surface area contributed by atoms with E-state index in [9.17, 15) is 14.9 Å². The quantitative estimate of drug-likeness (QED) is 0.514. The Kier molecular flexibility index (Phi) is 6.97. The Morgan fingerprint density at radius 2 is 1.96 bits per heavy atom. The summed E-state index contributed by atoms with van der Waals surface area (Å²) in [6.07, 6.45) is 1.39. The number of halogens is 1. The van der Waals surface area contributed by atoms with Crippen LogP contribution in [0, 0.1) is 11.3 Å². The third-order valence-corrected chi connectivity index (χ3v) is 4.02. The number of carboxylic acid groups (broad SMARTS) is 1. The van der Waals surface area contributed by atoms with Gasteiger partial charge in [-0.05, 0) is 35.9 Å². The lowest BCUT2D eigenvalue weighted by atomic mass is 10.1. The first-order valence-electron chi connectivity index (χ1n) is 7.65. The standard InChI is InChI=1S/C19H15BrN2O5/c1-26-16-8-12(15(20)9-17(16)27-11-18(23)24)7-13(10-21)19(25)22-14-5-3-2-4-6-14/h2-9H,11H2,1H3,(H,22,25)(H,23,24)/b13-7-. The zero-order chi connectivity index (χ0) is 19.8. The van der Waals surface area contributed by atoms with Crippen LogP contribution >= 0.6 is 15.9 Å². The van der Waals surface area contributed by atoms with Crippen LogP contribution in [0.15, 0.2) is 52.5 Å². The van der Waals surface area contributed by atoms with E-state index in [1.165, 1.54) is 25.3 Å². The molecule has 0 aliphatic rings. The molecule has 138 valence electrons. The molecule has 2 aromatic carbocycles. The van der Waals surface area contributed by atoms with E-state index in [4.69, 9.17) is 14.6 Å². The maximum Gasteiger partial charge on any atom is 0.341 e. The SMILES string of the molecule is COc1cc(/C=C(/C#N)C(=O)Nc2ccccc2)c(Br)cc1OCC(=O)O. The number of anilines is 1. The van der Waals surface area contributed by atoms with Gasteiger partial charge in [-0.3, -0.25) is 4.79 Å². The lowest BCUT2D eigenvalue weighted by Crippen LogP contribution is -2.13. The summed E-state index contributed by atoms with van der Waals surface area (Å²) < 4.78 is 10.9. The highest BCUT2D eigenvalue weighted by molar-refractivity contribution is 9.10. The Morgan fingerprint density at radius 1 is 1.26 bits per heavy atom. The molecule has 0 aromatic heterocycles. The molecular weight excluding hydrogens is 416 g/mol. The maximum absolute atomic E-state index is 12.3. The van der Waals surface area contributed by atoms with E-state index in [1.54, 1.807) is 24.3 Å². The molecule has 0 spiro atoms. The first-order chi connectivity index (χ1) is 12.9. The van der Waals surface area contributed by atoms with Crippen molar-refractivity contribution in [3.05, 3.63) is 58.1 Å². The zero-order valence-corrected chi connectivity index (χ0v) is 15.8. The predicted molar refractivity (Wildman–Crippen MR) is 102 cm³/mol. The van der Waals surface area contributed by atoms with Crippen molar-refractivity contribution in [1.29, 1.82) is 5.26 Å². The average Bonchev–Trinajstić information content (AvgIpc) is 2.66. The Labute approximate surface area is 164 Å². The van der Waals surface area contributed by atoms with Crippen molar-refractivity contribution in [1.82, 2.24) is 0 Å². The molecule has 0 aliphatic carbocycles. The normalized spacial score (nSPS) is 10.6. The molecule has 0 fully saturated rings. The molecule has 0 saturated carbocycles. The molecule has 2 N–H and O–H groups in total. The summed E-state index contributed by atoms with van der Waals surface area (Å²) in [6, 6.07) is 13.7. The minimum Gasteiger partial charge on any atom is -0.493 e. The fourth-order valence-corrected chi connectivity index (χ4v) is 2.53. The molecular formula is C19H15BrN2O5. The molecule has 2 aromatic rings. The van der Waals surface area contributed by atoms with Crippen LogP contribution in [0.3, 0.4) is 0 Å². The predicted octanol–water partition coefficient (Wildman–Crippen LogP) is 3.47. The summed E-state index contributed by atoms with van der Waals surface area (Å²) in [5.74, 6) is -1.19. The number of hydrogen-bond donors (Lipinski definition) is 2. The van der Waals surface area contributed by atoms with Crippen LogP contribution in [0.4, 0.5) is 5.69 Å². The van der Waals surface area contributed by atoms with Crippen molar-refractivity contribution < 1.29 is 24.2 Å². The summed E-state index contributed by atoms with van der Waals surface area (Å²) in [5.41, 5.74) is 0.952. The molecule has 0 unspecified atom stereocenters. The van der Waals surface area contributed by atoms with Gasteiger partial charge in [0.25, 0.3) is 5.91 Å². The molecule has 27 heavy (non-hydrogen) atoms. The van der Waals surface area contributed by atoms with Crippen molar-refractivity contribution in [3.8, 4) is 17.6 Å². The fourth-order valence-electron chi connectivity index (χ4n) is 2.10. The lowest BCUT2D eigenvalue weighted by molar-refractivity contribution is -0.139. The number of nitriles is 1. The van der Waals surface area contributed by atoms with Crippen molar-refractivity contribution in [3.63, 3.8) is 0 Å². The molecule has 0 atom stereocenters. The molecule has 0 saturated heterocycles. The van der Waals surface area contributed by atoms with E-state index in [0.717, 1.165) is 0 Å². The number of rotatable bonds is 7. The third-order valence-electron chi connectivity index (χ3n) is 3.33. The molecule has 0 aliphatic heterocycles. The number of ether oxygens (including phenoxy) is 2. The smallest absolute Gasteiger partial charge is 0.341 e. The second kappa shape index (κ2) is 9.40. The Morgan fingerprint density at radius 3 is 2.56 bits per heavy atom. The second-order valence-electron chi connectivity index (χ2n) is 5.20. The van der Waals surface area contributed by atoms with Gasteiger partial charge in [0.05, 0.1) is 7.11 Å². The number of nitrogens with zero attached hydrogens (tertiary/aromatic N) is 1. The fraction of sp³-hybridized carbons (Fsp3) is 0.105. The highest BCUT2D eigenvalue weighted by Gasteiger charge is 2.14. The zero-order valence-electron chi connectivity index (χ0n) is 14.2. The van der Waals surface area contributed by atoms with Gasteiger partial charge in [-0.25, -0.2) is 4.79 Å². The van der Waals surface area contributed by atoms with Crippen molar-refractivity contribution in [2.75, 3.05) is 19.0 Å². The summed E-state index contributed by atoms with van der Waals surface area (Å²) in [6.45, 7) is -0.527. The van der Waals surface area contributed by atoms with Crippen LogP contribution in [0.1, 0.15) is 5.56 Å². The Bertz CT molecular complexity index is 920. The first-order valence-corrected chi connectivity index (χ1v) is 8.44. The highest BCUT2D eigenvalue weighted by Crippen LogP contribution is 2.34. The maximum atomic E-state index is 12.3. The number of carbonyl (C=O) groups is 2. The third kappa shape index (κ3) is 5.59. The van der Waals surface area contributed by atoms with E-state index in [1.807, 2.05) is 12.1 Å². The van der Waals surface area contributed by atoms with Gasteiger partial charge in [-0.1, -0.05) is 34.1 Å².